The fraction of sp³-hybridized carbons (Fsp3) is 0.467. The minimum Gasteiger partial charge on any atom is -0.464 e. The third kappa shape index (κ3) is 1.98. The highest BCUT2D eigenvalue weighted by Gasteiger charge is 2.23. The molecule has 0 bridgehead atoms. The number of para-hydroxylation sites is 1. The van der Waals surface area contributed by atoms with Gasteiger partial charge >= 0.3 is 0 Å². The Labute approximate surface area is 102 Å². The molecule has 1 N–H and O–H groups in total. The van der Waals surface area contributed by atoms with Gasteiger partial charge in [-0.15, -0.1) is 0 Å². The maximum absolute atomic E-state index is 5.65. The Hall–Kier alpha value is -1.28. The summed E-state index contributed by atoms with van der Waals surface area (Å²) in [5.74, 6) is 1.37. The number of nitrogens with one attached hydrogen (secondary N) is 1. The van der Waals surface area contributed by atoms with Gasteiger partial charge in [-0.05, 0) is 49.4 Å². The van der Waals surface area contributed by atoms with Crippen molar-refractivity contribution in [3.8, 4) is 0 Å². The zero-order chi connectivity index (χ0) is 11.7. The smallest absolute Gasteiger partial charge is 0.137 e. The number of furan rings is 1. The molecule has 3 rings (SSSR count). The van der Waals surface area contributed by atoms with Crippen molar-refractivity contribution in [3.05, 3.63) is 36.1 Å². The van der Waals surface area contributed by atoms with E-state index in [0.717, 1.165) is 24.6 Å². The number of piperidine rings is 1. The van der Waals surface area contributed by atoms with Crippen LogP contribution in [0, 0.1) is 5.92 Å². The summed E-state index contributed by atoms with van der Waals surface area (Å²) >= 11 is 0. The van der Waals surface area contributed by atoms with Gasteiger partial charge in [-0.3, -0.25) is 0 Å². The summed E-state index contributed by atoms with van der Waals surface area (Å²) in [6.45, 7) is 4.65. The lowest BCUT2D eigenvalue weighted by Crippen LogP contribution is -2.30. The molecule has 1 fully saturated rings. The Morgan fingerprint density at radius 3 is 2.88 bits per heavy atom. The fourth-order valence-electron chi connectivity index (χ4n) is 2.97. The largest absolute Gasteiger partial charge is 0.464 e. The van der Waals surface area contributed by atoms with Crippen LogP contribution in [0.4, 0.5) is 0 Å². The Kier molecular flexibility index (Phi) is 2.89. The number of benzene rings is 1. The normalized spacial score (nSPS) is 19.6. The van der Waals surface area contributed by atoms with Crippen LogP contribution in [0.25, 0.3) is 11.0 Å². The Morgan fingerprint density at radius 1 is 1.24 bits per heavy atom. The van der Waals surface area contributed by atoms with Crippen molar-refractivity contribution in [1.82, 2.24) is 5.32 Å². The Bertz CT molecular complexity index is 496. The summed E-state index contributed by atoms with van der Waals surface area (Å²) in [4.78, 5) is 0. The summed E-state index contributed by atoms with van der Waals surface area (Å²) < 4.78 is 5.65. The van der Waals surface area contributed by atoms with E-state index < -0.39 is 0 Å². The van der Waals surface area contributed by atoms with E-state index in [2.05, 4.69) is 30.4 Å². The van der Waals surface area contributed by atoms with Gasteiger partial charge in [0.1, 0.15) is 5.58 Å². The maximum atomic E-state index is 5.65. The topological polar surface area (TPSA) is 25.2 Å². The average Bonchev–Trinajstić information content (AvgIpc) is 2.87. The summed E-state index contributed by atoms with van der Waals surface area (Å²) in [6.07, 6.45) is 4.35. The molecular weight excluding hydrogens is 210 g/mol. The summed E-state index contributed by atoms with van der Waals surface area (Å²) in [6, 6.07) is 8.54. The molecule has 2 heterocycles. The monoisotopic (exact) mass is 229 g/mol. The van der Waals surface area contributed by atoms with Crippen LogP contribution in [0.5, 0.6) is 0 Å². The molecule has 0 amide bonds. The van der Waals surface area contributed by atoms with Gasteiger partial charge in [0, 0.05) is 5.39 Å². The molecule has 1 atom stereocenters. The van der Waals surface area contributed by atoms with Crippen molar-refractivity contribution in [2.45, 2.75) is 25.7 Å². The van der Waals surface area contributed by atoms with Gasteiger partial charge in [-0.2, -0.15) is 0 Å². The molecule has 1 aromatic carbocycles. The van der Waals surface area contributed by atoms with Crippen LogP contribution in [0.1, 0.15) is 31.2 Å². The van der Waals surface area contributed by atoms with Gasteiger partial charge in [0.2, 0.25) is 0 Å². The molecule has 1 aromatic heterocycles. The van der Waals surface area contributed by atoms with Crippen molar-refractivity contribution in [1.29, 1.82) is 0 Å². The Morgan fingerprint density at radius 2 is 2.06 bits per heavy atom. The lowest BCUT2D eigenvalue weighted by Gasteiger charge is -2.28. The van der Waals surface area contributed by atoms with Crippen molar-refractivity contribution < 1.29 is 4.42 Å². The molecule has 1 aliphatic rings. The lowest BCUT2D eigenvalue weighted by molar-refractivity contribution is 0.330. The van der Waals surface area contributed by atoms with E-state index in [4.69, 9.17) is 4.42 Å². The molecule has 0 aliphatic carbocycles. The van der Waals surface area contributed by atoms with Gasteiger partial charge in [-0.1, -0.05) is 25.1 Å². The second kappa shape index (κ2) is 4.53. The van der Waals surface area contributed by atoms with E-state index in [9.17, 15) is 0 Å². The summed E-state index contributed by atoms with van der Waals surface area (Å²) in [5, 5.41) is 4.66. The van der Waals surface area contributed by atoms with Gasteiger partial charge in [-0.25, -0.2) is 0 Å². The zero-order valence-corrected chi connectivity index (χ0v) is 10.3. The SMILES string of the molecule is CC(c1cccc2ccoc12)C1CCNCC1. The van der Waals surface area contributed by atoms with Crippen LogP contribution < -0.4 is 5.32 Å². The Balaban J connectivity index is 1.94. The third-order valence-electron chi connectivity index (χ3n) is 4.09. The van der Waals surface area contributed by atoms with Gasteiger partial charge in [0.15, 0.2) is 0 Å². The van der Waals surface area contributed by atoms with Crippen molar-refractivity contribution >= 4 is 11.0 Å². The molecule has 0 saturated carbocycles. The third-order valence-corrected chi connectivity index (χ3v) is 4.09. The first-order valence-electron chi connectivity index (χ1n) is 6.53. The highest BCUT2D eigenvalue weighted by molar-refractivity contribution is 5.80. The molecule has 17 heavy (non-hydrogen) atoms. The highest BCUT2D eigenvalue weighted by atomic mass is 16.3. The van der Waals surface area contributed by atoms with E-state index in [-0.39, 0.29) is 0 Å². The number of rotatable bonds is 2. The summed E-state index contributed by atoms with van der Waals surface area (Å²) in [7, 11) is 0. The second-order valence-corrected chi connectivity index (χ2v) is 5.06. The molecule has 2 aromatic rings. The zero-order valence-electron chi connectivity index (χ0n) is 10.3. The van der Waals surface area contributed by atoms with Crippen LogP contribution in [-0.4, -0.2) is 13.1 Å². The van der Waals surface area contributed by atoms with Crippen LogP contribution in [0.2, 0.25) is 0 Å². The first kappa shape index (κ1) is 10.8. The first-order chi connectivity index (χ1) is 8.36. The molecule has 1 aliphatic heterocycles. The van der Waals surface area contributed by atoms with Gasteiger partial charge in [0.25, 0.3) is 0 Å². The van der Waals surface area contributed by atoms with E-state index in [1.54, 1.807) is 6.26 Å². The minimum absolute atomic E-state index is 0.590. The fourth-order valence-corrected chi connectivity index (χ4v) is 2.97. The summed E-state index contributed by atoms with van der Waals surface area (Å²) in [5.41, 5.74) is 2.46. The molecule has 90 valence electrons. The average molecular weight is 229 g/mol. The van der Waals surface area contributed by atoms with Gasteiger partial charge < -0.3 is 9.73 Å². The molecule has 2 nitrogen and oxygen atoms in total. The standard InChI is InChI=1S/C15H19NO/c1-11(12-5-8-16-9-6-12)14-4-2-3-13-7-10-17-15(13)14/h2-4,7,10-12,16H,5-6,8-9H2,1H3. The van der Waals surface area contributed by atoms with Crippen LogP contribution >= 0.6 is 0 Å². The van der Waals surface area contributed by atoms with E-state index in [1.165, 1.54) is 23.8 Å². The number of hydrogen-bond donors (Lipinski definition) is 1. The number of fused-ring (bicyclic) bond motifs is 1. The van der Waals surface area contributed by atoms with E-state index in [0.29, 0.717) is 5.92 Å². The molecule has 1 saturated heterocycles. The lowest BCUT2D eigenvalue weighted by atomic mass is 9.81. The van der Waals surface area contributed by atoms with Crippen molar-refractivity contribution in [2.24, 2.45) is 5.92 Å². The van der Waals surface area contributed by atoms with Crippen LogP contribution in [0.3, 0.4) is 0 Å². The molecule has 0 radical (unpaired) electrons. The molecular formula is C15H19NO. The van der Waals surface area contributed by atoms with Crippen LogP contribution in [-0.2, 0) is 0 Å². The quantitative estimate of drug-likeness (QED) is 0.852. The van der Waals surface area contributed by atoms with Gasteiger partial charge in [0.05, 0.1) is 6.26 Å². The van der Waals surface area contributed by atoms with E-state index >= 15 is 0 Å². The first-order valence-corrected chi connectivity index (χ1v) is 6.53. The van der Waals surface area contributed by atoms with E-state index in [1.807, 2.05) is 6.07 Å². The second-order valence-electron chi connectivity index (χ2n) is 5.06. The minimum atomic E-state index is 0.590. The molecule has 0 spiro atoms. The maximum Gasteiger partial charge on any atom is 0.137 e. The van der Waals surface area contributed by atoms with Crippen molar-refractivity contribution in [2.75, 3.05) is 13.1 Å². The molecule has 1 unspecified atom stereocenters. The predicted octanol–water partition coefficient (Wildman–Crippen LogP) is 3.54. The highest BCUT2D eigenvalue weighted by Crippen LogP contribution is 2.34. The van der Waals surface area contributed by atoms with Crippen LogP contribution in [0.15, 0.2) is 34.9 Å². The predicted molar refractivity (Wildman–Crippen MR) is 70.2 cm³/mol. The number of hydrogen-bond acceptors (Lipinski definition) is 2. The van der Waals surface area contributed by atoms with Crippen molar-refractivity contribution in [3.63, 3.8) is 0 Å². The molecule has 2 heteroatoms.